The highest BCUT2D eigenvalue weighted by atomic mass is 35.5. The molecule has 0 amide bonds. The Morgan fingerprint density at radius 2 is 1.94 bits per heavy atom. The molecule has 10 nitrogen and oxygen atoms in total. The number of fused-ring (bicyclic) bond motifs is 1. The van der Waals surface area contributed by atoms with E-state index >= 15 is 0 Å². The fraction of sp³-hybridized carbons (Fsp3) is 0.167. The van der Waals surface area contributed by atoms with Crippen molar-refractivity contribution >= 4 is 39.4 Å². The number of nitrogens with zero attached hydrogens (tertiary/aromatic N) is 3. The second-order valence-electron chi connectivity index (χ2n) is 6.01. The van der Waals surface area contributed by atoms with Gasteiger partial charge in [0.2, 0.25) is 11.7 Å². The summed E-state index contributed by atoms with van der Waals surface area (Å²) in [5.74, 6) is -0.901. The molecular formula is C18H14ClF2N5O5S. The van der Waals surface area contributed by atoms with Crippen LogP contribution in [0.3, 0.4) is 0 Å². The molecule has 32 heavy (non-hydrogen) atoms. The van der Waals surface area contributed by atoms with E-state index in [1.165, 1.54) is 33.0 Å². The Balaban J connectivity index is 1.70. The van der Waals surface area contributed by atoms with E-state index in [2.05, 4.69) is 29.4 Å². The molecule has 0 aliphatic carbocycles. The summed E-state index contributed by atoms with van der Waals surface area (Å²) in [4.78, 5) is 15.1. The van der Waals surface area contributed by atoms with Crippen LogP contribution in [0.25, 0.3) is 22.2 Å². The summed E-state index contributed by atoms with van der Waals surface area (Å²) in [6, 6.07) is 3.32. The number of anilines is 1. The first kappa shape index (κ1) is 21.8. The van der Waals surface area contributed by atoms with Crippen LogP contribution in [0.2, 0.25) is 5.02 Å². The average Bonchev–Trinajstić information content (AvgIpc) is 3.44. The number of H-pyrrole nitrogens is 1. The highest BCUT2D eigenvalue weighted by Gasteiger charge is 2.23. The molecule has 1 aromatic carbocycles. The van der Waals surface area contributed by atoms with E-state index in [9.17, 15) is 13.0 Å². The second kappa shape index (κ2) is 8.96. The van der Waals surface area contributed by atoms with Crippen LogP contribution in [0.15, 0.2) is 40.2 Å². The third-order valence-corrected chi connectivity index (χ3v) is 5.65. The molecule has 2 N–H and O–H groups in total. The molecule has 0 radical (unpaired) electrons. The van der Waals surface area contributed by atoms with Crippen LogP contribution in [0, 0.1) is 0 Å². The normalized spacial score (nSPS) is 12.2. The van der Waals surface area contributed by atoms with Gasteiger partial charge in [-0.25, -0.2) is 9.19 Å². The minimum Gasteiger partial charge on any atom is -0.478 e. The van der Waals surface area contributed by atoms with Crippen LogP contribution in [-0.4, -0.2) is 45.0 Å². The number of aromatic amines is 1. The van der Waals surface area contributed by atoms with E-state index in [0.717, 1.165) is 0 Å². The molecule has 4 aromatic rings. The fourth-order valence-corrected chi connectivity index (χ4v) is 4.10. The summed E-state index contributed by atoms with van der Waals surface area (Å²) in [5.41, 5.74) is 1.13. The number of hydrogen-bond donors (Lipinski definition) is 2. The smallest absolute Gasteiger partial charge is 0.387 e. The van der Waals surface area contributed by atoms with Gasteiger partial charge in [-0.3, -0.25) is 4.72 Å². The third-order valence-electron chi connectivity index (χ3n) is 4.23. The number of benzene rings is 1. The lowest BCUT2D eigenvalue weighted by molar-refractivity contribution is -0.0533. The molecule has 0 saturated heterocycles. The number of aromatic nitrogens is 4. The zero-order valence-electron chi connectivity index (χ0n) is 16.4. The van der Waals surface area contributed by atoms with Gasteiger partial charge in [-0.05, 0) is 6.07 Å². The van der Waals surface area contributed by atoms with Gasteiger partial charge < -0.3 is 23.6 Å². The molecule has 1 unspecified atom stereocenters. The summed E-state index contributed by atoms with van der Waals surface area (Å²) in [5, 5.41) is 0.997. The van der Waals surface area contributed by atoms with E-state index in [-0.39, 0.29) is 17.7 Å². The van der Waals surface area contributed by atoms with Crippen molar-refractivity contribution in [2.45, 2.75) is 11.5 Å². The quantitative estimate of drug-likeness (QED) is 0.383. The molecule has 14 heteroatoms. The molecule has 0 saturated carbocycles. The van der Waals surface area contributed by atoms with E-state index in [4.69, 9.17) is 25.5 Å². The van der Waals surface area contributed by atoms with E-state index in [0.29, 0.717) is 32.1 Å². The first-order chi connectivity index (χ1) is 15.4. The number of methoxy groups -OCH3 is 2. The Kier molecular flexibility index (Phi) is 6.10. The maximum Gasteiger partial charge on any atom is 0.387 e. The first-order valence-electron chi connectivity index (χ1n) is 8.74. The van der Waals surface area contributed by atoms with Gasteiger partial charge in [-0.1, -0.05) is 17.7 Å². The van der Waals surface area contributed by atoms with E-state index in [1.54, 1.807) is 12.1 Å². The summed E-state index contributed by atoms with van der Waals surface area (Å²) in [7, 11) is 0.534. The number of hydrogen-bond acceptors (Lipinski definition) is 8. The van der Waals surface area contributed by atoms with Gasteiger partial charge in [0, 0.05) is 11.6 Å². The number of rotatable bonds is 8. The summed E-state index contributed by atoms with van der Waals surface area (Å²) in [6.45, 7) is -3.15. The lowest BCUT2D eigenvalue weighted by Gasteiger charge is -2.13. The first-order valence-corrected chi connectivity index (χ1v) is 10.3. The van der Waals surface area contributed by atoms with Gasteiger partial charge >= 0.3 is 6.61 Å². The van der Waals surface area contributed by atoms with Crippen LogP contribution >= 0.6 is 11.6 Å². The summed E-state index contributed by atoms with van der Waals surface area (Å²) in [6.07, 6.45) is 4.30. The number of alkyl halides is 2. The fourth-order valence-electron chi connectivity index (χ4n) is 2.94. The Morgan fingerprint density at radius 1 is 1.22 bits per heavy atom. The van der Waals surface area contributed by atoms with E-state index in [1.807, 2.05) is 0 Å². The number of halogens is 3. The molecule has 0 aliphatic heterocycles. The minimum atomic E-state index is -3.15. The third kappa shape index (κ3) is 4.03. The molecule has 0 fully saturated rings. The zero-order chi connectivity index (χ0) is 22.8. The van der Waals surface area contributed by atoms with Crippen molar-refractivity contribution in [3.63, 3.8) is 0 Å². The van der Waals surface area contributed by atoms with Crippen LogP contribution < -0.4 is 18.9 Å². The standard InChI is InChI=1S/C18H14ClF2N5O5S/c1-28-15-14(31-17(20)21)16(29-2)25-18(24-15)26-32(27)11-6-23-13-8(11)3-4-9(19)12(13)10-5-22-7-30-10/h3-7,17,23H,1-2H3,(H,24,25,26). The van der Waals surface area contributed by atoms with Crippen molar-refractivity contribution in [2.75, 3.05) is 18.9 Å². The lowest BCUT2D eigenvalue weighted by atomic mass is 10.1. The molecule has 0 bridgehead atoms. The van der Waals surface area contributed by atoms with Gasteiger partial charge in [-0.15, -0.1) is 0 Å². The van der Waals surface area contributed by atoms with Gasteiger partial charge in [0.15, 0.2) is 23.1 Å². The number of oxazole rings is 1. The van der Waals surface area contributed by atoms with E-state index < -0.39 is 23.3 Å². The highest BCUT2D eigenvalue weighted by Crippen LogP contribution is 2.38. The zero-order valence-corrected chi connectivity index (χ0v) is 18.0. The van der Waals surface area contributed by atoms with Crippen LogP contribution in [0.1, 0.15) is 0 Å². The highest BCUT2D eigenvalue weighted by molar-refractivity contribution is 7.86. The minimum absolute atomic E-state index is 0.197. The van der Waals surface area contributed by atoms with Gasteiger partial charge in [0.1, 0.15) is 0 Å². The van der Waals surface area contributed by atoms with Gasteiger partial charge in [0.05, 0.1) is 41.4 Å². The molecule has 1 atom stereocenters. The SMILES string of the molecule is COc1nc(NS(=O)c2c[nH]c3c(-c4cnco4)c(Cl)ccc23)nc(OC)c1OC(F)F. The van der Waals surface area contributed by atoms with Gasteiger partial charge in [-0.2, -0.15) is 18.7 Å². The molecule has 3 heterocycles. The monoisotopic (exact) mass is 485 g/mol. The van der Waals surface area contributed by atoms with Crippen LogP contribution in [0.5, 0.6) is 17.5 Å². The number of nitrogens with one attached hydrogen (secondary N) is 2. The topological polar surface area (TPSA) is 124 Å². The predicted molar refractivity (Wildman–Crippen MR) is 111 cm³/mol. The van der Waals surface area contributed by atoms with Crippen LogP contribution in [-0.2, 0) is 11.0 Å². The van der Waals surface area contributed by atoms with Crippen molar-refractivity contribution in [1.82, 2.24) is 19.9 Å². The van der Waals surface area contributed by atoms with Crippen molar-refractivity contribution in [2.24, 2.45) is 0 Å². The Labute approximate surface area is 186 Å². The molecule has 168 valence electrons. The predicted octanol–water partition coefficient (Wildman–Crippen LogP) is 4.02. The second-order valence-corrected chi connectivity index (χ2v) is 7.60. The average molecular weight is 486 g/mol. The molecular weight excluding hydrogens is 472 g/mol. The lowest BCUT2D eigenvalue weighted by Crippen LogP contribution is -2.12. The Hall–Kier alpha value is -3.45. The molecule has 0 aliphatic rings. The van der Waals surface area contributed by atoms with Crippen molar-refractivity contribution in [3.05, 3.63) is 35.9 Å². The van der Waals surface area contributed by atoms with Crippen LogP contribution in [0.4, 0.5) is 14.7 Å². The molecule has 3 aromatic heterocycles. The Bertz CT molecular complexity index is 1260. The van der Waals surface area contributed by atoms with Crippen molar-refractivity contribution < 1.29 is 31.6 Å². The maximum absolute atomic E-state index is 13.0. The maximum atomic E-state index is 13.0. The Morgan fingerprint density at radius 3 is 2.53 bits per heavy atom. The largest absolute Gasteiger partial charge is 0.478 e. The van der Waals surface area contributed by atoms with Crippen molar-refractivity contribution in [3.8, 4) is 28.8 Å². The van der Waals surface area contributed by atoms with Gasteiger partial charge in [0.25, 0.3) is 11.8 Å². The summed E-state index contributed by atoms with van der Waals surface area (Å²) < 4.78 is 60.7. The molecule has 0 spiro atoms. The summed E-state index contributed by atoms with van der Waals surface area (Å²) >= 11 is 6.32. The number of ether oxygens (including phenoxy) is 3. The van der Waals surface area contributed by atoms with Crippen molar-refractivity contribution in [1.29, 1.82) is 0 Å². The molecule has 4 rings (SSSR count).